The fourth-order valence-electron chi connectivity index (χ4n) is 2.18. The van der Waals surface area contributed by atoms with Crippen molar-refractivity contribution in [3.63, 3.8) is 0 Å². The van der Waals surface area contributed by atoms with Gasteiger partial charge in [-0.1, -0.05) is 6.07 Å². The van der Waals surface area contributed by atoms with Gasteiger partial charge in [0.1, 0.15) is 11.6 Å². The van der Waals surface area contributed by atoms with Crippen LogP contribution in [0, 0.1) is 9.39 Å². The maximum atomic E-state index is 13.0. The topological polar surface area (TPSA) is 77.0 Å². The Hall–Kier alpha value is -2.40. The van der Waals surface area contributed by atoms with E-state index in [-0.39, 0.29) is 18.3 Å². The fraction of sp³-hybridized carbons (Fsp3) is 0.105. The third kappa shape index (κ3) is 5.32. The summed E-state index contributed by atoms with van der Waals surface area (Å²) in [6.45, 7) is -0.172. The molecule has 9 heteroatoms. The minimum atomic E-state index is -0.464. The van der Waals surface area contributed by atoms with E-state index in [0.717, 1.165) is 9.13 Å². The van der Waals surface area contributed by atoms with Gasteiger partial charge >= 0.3 is 5.97 Å². The zero-order valence-corrected chi connectivity index (χ0v) is 17.5. The van der Waals surface area contributed by atoms with Crippen LogP contribution in [0.2, 0.25) is 0 Å². The van der Waals surface area contributed by atoms with Crippen LogP contribution in [0.3, 0.4) is 0 Å². The van der Waals surface area contributed by atoms with E-state index in [2.05, 4.69) is 37.6 Å². The molecular weight excluding hydrogens is 498 g/mol. The average Bonchev–Trinajstić information content (AvgIpc) is 3.01. The van der Waals surface area contributed by atoms with Crippen LogP contribution in [0.25, 0.3) is 6.08 Å². The normalized spacial score (nSPS) is 16.3. The van der Waals surface area contributed by atoms with E-state index in [0.29, 0.717) is 21.5 Å². The van der Waals surface area contributed by atoms with Crippen LogP contribution in [-0.4, -0.2) is 30.8 Å². The van der Waals surface area contributed by atoms with Crippen molar-refractivity contribution in [2.75, 3.05) is 13.7 Å². The highest BCUT2D eigenvalue weighted by atomic mass is 127. The lowest BCUT2D eigenvalue weighted by atomic mass is 10.2. The molecule has 1 saturated heterocycles. The SMILES string of the molecule is COC(=O)COc1ccc(/C=C2/SC(=Nc3ccc(F)cc3)NC2=O)cc1I. The number of carbonyl (C=O) groups excluding carboxylic acids is 2. The molecule has 0 saturated carbocycles. The quantitative estimate of drug-likeness (QED) is 0.374. The van der Waals surface area contributed by atoms with Crippen molar-refractivity contribution in [2.45, 2.75) is 0 Å². The number of halogens is 2. The van der Waals surface area contributed by atoms with E-state index in [1.54, 1.807) is 18.2 Å². The molecule has 1 aliphatic rings. The molecule has 144 valence electrons. The number of ether oxygens (including phenoxy) is 2. The third-order valence-corrected chi connectivity index (χ3v) is 5.29. The van der Waals surface area contributed by atoms with Crippen molar-refractivity contribution in [3.05, 3.63) is 62.3 Å². The summed E-state index contributed by atoms with van der Waals surface area (Å²) in [5.41, 5.74) is 1.35. The first-order valence-electron chi connectivity index (χ1n) is 7.99. The Labute approximate surface area is 178 Å². The van der Waals surface area contributed by atoms with Gasteiger partial charge in [-0.2, -0.15) is 0 Å². The molecule has 0 spiro atoms. The van der Waals surface area contributed by atoms with Crippen LogP contribution < -0.4 is 10.1 Å². The van der Waals surface area contributed by atoms with Gasteiger partial charge < -0.3 is 14.8 Å². The molecule has 0 unspecified atom stereocenters. The monoisotopic (exact) mass is 512 g/mol. The van der Waals surface area contributed by atoms with Gasteiger partial charge in [-0.25, -0.2) is 14.2 Å². The standard InChI is InChI=1S/C19H14FIN2O4S/c1-26-17(24)10-27-15-7-2-11(8-14(15)21)9-16-18(25)23-19(28-16)22-13-5-3-12(20)4-6-13/h2-9H,10H2,1H3,(H,22,23,25)/b16-9+. The number of aliphatic imine (C=N–C) groups is 1. The smallest absolute Gasteiger partial charge is 0.343 e. The minimum absolute atomic E-state index is 0.172. The van der Waals surface area contributed by atoms with Gasteiger partial charge in [-0.15, -0.1) is 0 Å². The summed E-state index contributed by atoms with van der Waals surface area (Å²) in [6, 6.07) is 11.0. The molecule has 1 aliphatic heterocycles. The van der Waals surface area contributed by atoms with E-state index in [9.17, 15) is 14.0 Å². The Balaban J connectivity index is 1.72. The van der Waals surface area contributed by atoms with Gasteiger partial charge in [0.25, 0.3) is 5.91 Å². The number of nitrogens with one attached hydrogen (secondary N) is 1. The molecule has 0 bridgehead atoms. The summed E-state index contributed by atoms with van der Waals surface area (Å²) in [4.78, 5) is 28.1. The molecule has 2 aromatic carbocycles. The van der Waals surface area contributed by atoms with Crippen molar-refractivity contribution < 1.29 is 23.5 Å². The van der Waals surface area contributed by atoms with Crippen LogP contribution in [0.1, 0.15) is 5.56 Å². The molecule has 0 aliphatic carbocycles. The average molecular weight is 512 g/mol. The van der Waals surface area contributed by atoms with Crippen LogP contribution in [0.15, 0.2) is 52.4 Å². The van der Waals surface area contributed by atoms with Crippen LogP contribution >= 0.6 is 34.4 Å². The van der Waals surface area contributed by atoms with Gasteiger partial charge in [0.05, 0.1) is 21.3 Å². The van der Waals surface area contributed by atoms with Crippen molar-refractivity contribution in [3.8, 4) is 5.75 Å². The molecule has 1 N–H and O–H groups in total. The molecule has 1 fully saturated rings. The van der Waals surface area contributed by atoms with Crippen LogP contribution in [0.4, 0.5) is 10.1 Å². The Morgan fingerprint density at radius 2 is 2.04 bits per heavy atom. The summed E-state index contributed by atoms with van der Waals surface area (Å²) < 4.78 is 23.7. The maximum Gasteiger partial charge on any atom is 0.343 e. The Morgan fingerprint density at radius 3 is 2.71 bits per heavy atom. The minimum Gasteiger partial charge on any atom is -0.481 e. The number of amidine groups is 1. The number of amides is 1. The lowest BCUT2D eigenvalue weighted by Crippen LogP contribution is -2.19. The van der Waals surface area contributed by atoms with E-state index in [1.165, 1.54) is 43.1 Å². The molecule has 1 heterocycles. The Morgan fingerprint density at radius 1 is 1.29 bits per heavy atom. The predicted molar refractivity (Wildman–Crippen MR) is 114 cm³/mol. The van der Waals surface area contributed by atoms with Crippen molar-refractivity contribution in [1.29, 1.82) is 0 Å². The summed E-state index contributed by atoms with van der Waals surface area (Å²) >= 11 is 3.29. The molecule has 3 rings (SSSR count). The van der Waals surface area contributed by atoms with Crippen molar-refractivity contribution in [1.82, 2.24) is 5.32 Å². The van der Waals surface area contributed by atoms with Crippen LogP contribution in [0.5, 0.6) is 5.75 Å². The fourth-order valence-corrected chi connectivity index (χ4v) is 3.72. The van der Waals surface area contributed by atoms with Gasteiger partial charge in [0, 0.05) is 0 Å². The Bertz CT molecular complexity index is 976. The summed E-state index contributed by atoms with van der Waals surface area (Å²) in [6.07, 6.45) is 1.74. The Kier molecular flexibility index (Phi) is 6.68. The van der Waals surface area contributed by atoms with Crippen molar-refractivity contribution in [2.24, 2.45) is 4.99 Å². The first-order chi connectivity index (χ1) is 13.4. The van der Waals surface area contributed by atoms with E-state index < -0.39 is 5.97 Å². The first kappa shape index (κ1) is 20.3. The van der Waals surface area contributed by atoms with Gasteiger partial charge in [-0.3, -0.25) is 4.79 Å². The number of rotatable bonds is 5. The second-order valence-electron chi connectivity index (χ2n) is 5.51. The second kappa shape index (κ2) is 9.20. The number of benzene rings is 2. The predicted octanol–water partition coefficient (Wildman–Crippen LogP) is 3.87. The number of carbonyl (C=O) groups is 2. The van der Waals surface area contributed by atoms with Crippen LogP contribution in [-0.2, 0) is 14.3 Å². The van der Waals surface area contributed by atoms with E-state index in [1.807, 2.05) is 6.07 Å². The number of esters is 1. The number of methoxy groups -OCH3 is 1. The highest BCUT2D eigenvalue weighted by Crippen LogP contribution is 2.30. The van der Waals surface area contributed by atoms with E-state index in [4.69, 9.17) is 4.74 Å². The molecule has 0 aromatic heterocycles. The molecular formula is C19H14FIN2O4S. The van der Waals surface area contributed by atoms with Gasteiger partial charge in [-0.05, 0) is 82.4 Å². The lowest BCUT2D eigenvalue weighted by Gasteiger charge is -2.07. The highest BCUT2D eigenvalue weighted by molar-refractivity contribution is 14.1. The summed E-state index contributed by atoms with van der Waals surface area (Å²) in [5, 5.41) is 3.11. The molecule has 28 heavy (non-hydrogen) atoms. The second-order valence-corrected chi connectivity index (χ2v) is 7.71. The first-order valence-corrected chi connectivity index (χ1v) is 9.88. The van der Waals surface area contributed by atoms with Gasteiger partial charge in [0.15, 0.2) is 11.8 Å². The highest BCUT2D eigenvalue weighted by Gasteiger charge is 2.23. The van der Waals surface area contributed by atoms with Gasteiger partial charge in [0.2, 0.25) is 0 Å². The third-order valence-electron chi connectivity index (χ3n) is 3.54. The van der Waals surface area contributed by atoms with Crippen molar-refractivity contribution >= 4 is 63.2 Å². The zero-order chi connectivity index (χ0) is 20.1. The number of thioether (sulfide) groups is 1. The molecule has 0 atom stereocenters. The number of hydrogen-bond donors (Lipinski definition) is 1. The summed E-state index contributed by atoms with van der Waals surface area (Å²) in [7, 11) is 1.30. The molecule has 1 amide bonds. The maximum absolute atomic E-state index is 13.0. The lowest BCUT2D eigenvalue weighted by molar-refractivity contribution is -0.142. The molecule has 2 aromatic rings. The summed E-state index contributed by atoms with van der Waals surface area (Å²) in [5.74, 6) is -0.516. The number of hydrogen-bond acceptors (Lipinski definition) is 6. The largest absolute Gasteiger partial charge is 0.481 e. The zero-order valence-electron chi connectivity index (χ0n) is 14.6. The molecule has 0 radical (unpaired) electrons. The number of nitrogens with zero attached hydrogens (tertiary/aromatic N) is 1. The molecule has 6 nitrogen and oxygen atoms in total. The van der Waals surface area contributed by atoms with E-state index >= 15 is 0 Å².